The second-order valence-corrected chi connectivity index (χ2v) is 8.85. The van der Waals surface area contributed by atoms with Crippen LogP contribution in [-0.2, 0) is 13.0 Å². The number of nitrogens with zero attached hydrogens (tertiary/aromatic N) is 5. The fraction of sp³-hybridized carbons (Fsp3) is 0.385. The number of amides is 1. The van der Waals surface area contributed by atoms with Crippen LogP contribution in [0, 0.1) is 12.7 Å². The van der Waals surface area contributed by atoms with E-state index in [1.165, 1.54) is 6.07 Å². The van der Waals surface area contributed by atoms with Gasteiger partial charge in [0.25, 0.3) is 5.91 Å². The summed E-state index contributed by atoms with van der Waals surface area (Å²) in [5.41, 5.74) is 3.49. The first-order valence-corrected chi connectivity index (χ1v) is 11.7. The monoisotopic (exact) mass is 445 g/mol. The van der Waals surface area contributed by atoms with Gasteiger partial charge in [0.2, 0.25) is 0 Å². The lowest BCUT2D eigenvalue weighted by atomic mass is 9.99. The Labute approximate surface area is 193 Å². The van der Waals surface area contributed by atoms with E-state index < -0.39 is 0 Å². The highest BCUT2D eigenvalue weighted by Gasteiger charge is 2.33. The number of aryl methyl sites for hydroxylation is 1. The molecular formula is C26H28FN5O. The highest BCUT2D eigenvalue weighted by atomic mass is 19.1. The van der Waals surface area contributed by atoms with Crippen molar-refractivity contribution in [2.24, 2.45) is 0 Å². The minimum Gasteiger partial charge on any atom is -0.352 e. The van der Waals surface area contributed by atoms with E-state index in [1.54, 1.807) is 24.4 Å². The van der Waals surface area contributed by atoms with Crippen LogP contribution in [0.3, 0.4) is 0 Å². The van der Waals surface area contributed by atoms with Gasteiger partial charge in [0.05, 0.1) is 6.04 Å². The van der Waals surface area contributed by atoms with Gasteiger partial charge in [-0.05, 0) is 68.9 Å². The normalized spacial score (nSPS) is 18.2. The Bertz CT molecular complexity index is 1150. The van der Waals surface area contributed by atoms with Crippen LogP contribution < -0.4 is 4.90 Å². The summed E-state index contributed by atoms with van der Waals surface area (Å²) in [6.45, 7) is 4.17. The number of carbonyl (C=O) groups excluding carboxylic acids is 1. The van der Waals surface area contributed by atoms with Crippen molar-refractivity contribution in [3.63, 3.8) is 0 Å². The number of carbonyl (C=O) groups is 1. The van der Waals surface area contributed by atoms with Crippen LogP contribution in [0.4, 0.5) is 10.2 Å². The Morgan fingerprint density at radius 2 is 2.00 bits per heavy atom. The third-order valence-corrected chi connectivity index (χ3v) is 6.57. The van der Waals surface area contributed by atoms with Crippen molar-refractivity contribution in [2.45, 2.75) is 51.6 Å². The van der Waals surface area contributed by atoms with Gasteiger partial charge in [0, 0.05) is 37.1 Å². The smallest absolute Gasteiger partial charge is 0.273 e. The molecule has 1 aromatic carbocycles. The Balaban J connectivity index is 1.48. The molecule has 2 aliphatic rings. The third kappa shape index (κ3) is 4.45. The second kappa shape index (κ2) is 9.25. The molecule has 4 heterocycles. The molecule has 1 fully saturated rings. The van der Waals surface area contributed by atoms with Crippen molar-refractivity contribution in [2.75, 3.05) is 18.0 Å². The summed E-state index contributed by atoms with van der Waals surface area (Å²) >= 11 is 0. The molecule has 6 nitrogen and oxygen atoms in total. The molecule has 0 unspecified atom stereocenters. The van der Waals surface area contributed by atoms with E-state index in [4.69, 9.17) is 9.97 Å². The number of aromatic nitrogens is 3. The lowest BCUT2D eigenvalue weighted by molar-refractivity contribution is 0.0593. The SMILES string of the molecule is Cc1nc([C@@H]2CCCCN2C(=O)c2ccccn2)nc2c1CCCN2Cc1cccc(F)c1. The first kappa shape index (κ1) is 21.5. The second-order valence-electron chi connectivity index (χ2n) is 8.85. The van der Waals surface area contributed by atoms with Gasteiger partial charge in [-0.15, -0.1) is 0 Å². The first-order chi connectivity index (χ1) is 16.1. The van der Waals surface area contributed by atoms with Gasteiger partial charge in [-0.25, -0.2) is 14.4 Å². The summed E-state index contributed by atoms with van der Waals surface area (Å²) in [5.74, 6) is 1.32. The lowest BCUT2D eigenvalue weighted by Gasteiger charge is -2.36. The standard InChI is InChI=1S/C26H28FN5O/c1-18-21-10-7-14-31(17-19-8-6-9-20(27)16-19)25(21)30-24(29-18)23-12-3-5-15-32(23)26(33)22-11-2-4-13-28-22/h2,4,6,8-9,11,13,16,23H,3,5,7,10,12,14-15,17H2,1H3/t23-/m0/s1. The molecule has 7 heteroatoms. The molecule has 33 heavy (non-hydrogen) atoms. The number of rotatable bonds is 4. The number of piperidine rings is 1. The fourth-order valence-corrected chi connectivity index (χ4v) is 4.95. The number of hydrogen-bond acceptors (Lipinski definition) is 5. The molecular weight excluding hydrogens is 417 g/mol. The van der Waals surface area contributed by atoms with Crippen molar-refractivity contribution in [1.29, 1.82) is 0 Å². The third-order valence-electron chi connectivity index (χ3n) is 6.57. The van der Waals surface area contributed by atoms with Crippen LogP contribution in [0.2, 0.25) is 0 Å². The summed E-state index contributed by atoms with van der Waals surface area (Å²) in [6.07, 6.45) is 6.42. The molecule has 2 aromatic heterocycles. The van der Waals surface area contributed by atoms with Gasteiger partial charge < -0.3 is 9.80 Å². The van der Waals surface area contributed by atoms with Crippen molar-refractivity contribution >= 4 is 11.7 Å². The van der Waals surface area contributed by atoms with Gasteiger partial charge >= 0.3 is 0 Å². The molecule has 1 atom stereocenters. The van der Waals surface area contributed by atoms with E-state index in [2.05, 4.69) is 9.88 Å². The summed E-state index contributed by atoms with van der Waals surface area (Å²) in [4.78, 5) is 31.5. The molecule has 0 saturated carbocycles. The molecule has 1 saturated heterocycles. The molecule has 0 N–H and O–H groups in total. The van der Waals surface area contributed by atoms with Crippen LogP contribution in [0.25, 0.3) is 0 Å². The largest absolute Gasteiger partial charge is 0.352 e. The molecule has 0 aliphatic carbocycles. The highest BCUT2D eigenvalue weighted by molar-refractivity contribution is 5.92. The Hall–Kier alpha value is -3.35. The topological polar surface area (TPSA) is 62.2 Å². The average Bonchev–Trinajstić information content (AvgIpc) is 2.84. The van der Waals surface area contributed by atoms with Gasteiger partial charge in [0.15, 0.2) is 5.82 Å². The highest BCUT2D eigenvalue weighted by Crippen LogP contribution is 2.34. The van der Waals surface area contributed by atoms with E-state index in [1.807, 2.05) is 30.0 Å². The predicted molar refractivity (Wildman–Crippen MR) is 124 cm³/mol. The molecule has 2 aliphatic heterocycles. The minimum absolute atomic E-state index is 0.0732. The first-order valence-electron chi connectivity index (χ1n) is 11.7. The Morgan fingerprint density at radius 1 is 1.09 bits per heavy atom. The van der Waals surface area contributed by atoms with Crippen molar-refractivity contribution in [3.05, 3.63) is 82.8 Å². The molecule has 3 aromatic rings. The number of fused-ring (bicyclic) bond motifs is 1. The van der Waals surface area contributed by atoms with Gasteiger partial charge in [-0.1, -0.05) is 18.2 Å². The summed E-state index contributed by atoms with van der Waals surface area (Å²) in [5, 5.41) is 0. The van der Waals surface area contributed by atoms with Gasteiger partial charge in [-0.2, -0.15) is 0 Å². The number of halogens is 1. The maximum absolute atomic E-state index is 13.8. The van der Waals surface area contributed by atoms with E-state index in [0.29, 0.717) is 24.6 Å². The molecule has 1 amide bonds. The van der Waals surface area contributed by atoms with Crippen LogP contribution in [0.1, 0.15) is 64.9 Å². The zero-order valence-electron chi connectivity index (χ0n) is 18.9. The number of benzene rings is 1. The van der Waals surface area contributed by atoms with E-state index in [-0.39, 0.29) is 17.8 Å². The minimum atomic E-state index is -0.227. The molecule has 0 spiro atoms. The molecule has 170 valence electrons. The number of pyridine rings is 1. The van der Waals surface area contributed by atoms with Crippen LogP contribution in [0.5, 0.6) is 0 Å². The Kier molecular flexibility index (Phi) is 6.03. The van der Waals surface area contributed by atoms with Crippen molar-refractivity contribution in [3.8, 4) is 0 Å². The molecule has 0 radical (unpaired) electrons. The fourth-order valence-electron chi connectivity index (χ4n) is 4.95. The quantitative estimate of drug-likeness (QED) is 0.586. The predicted octanol–water partition coefficient (Wildman–Crippen LogP) is 4.64. The summed E-state index contributed by atoms with van der Waals surface area (Å²) < 4.78 is 13.8. The lowest BCUT2D eigenvalue weighted by Crippen LogP contribution is -2.40. The van der Waals surface area contributed by atoms with E-state index >= 15 is 0 Å². The summed E-state index contributed by atoms with van der Waals surface area (Å²) in [6, 6.07) is 12.0. The van der Waals surface area contributed by atoms with Gasteiger partial charge in [0.1, 0.15) is 17.3 Å². The maximum Gasteiger partial charge on any atom is 0.273 e. The number of hydrogen-bond donors (Lipinski definition) is 0. The van der Waals surface area contributed by atoms with Crippen molar-refractivity contribution in [1.82, 2.24) is 19.9 Å². The molecule has 5 rings (SSSR count). The van der Waals surface area contributed by atoms with Gasteiger partial charge in [-0.3, -0.25) is 9.78 Å². The Morgan fingerprint density at radius 3 is 2.82 bits per heavy atom. The zero-order chi connectivity index (χ0) is 22.8. The average molecular weight is 446 g/mol. The van der Waals surface area contributed by atoms with Crippen LogP contribution in [-0.4, -0.2) is 38.8 Å². The summed E-state index contributed by atoms with van der Waals surface area (Å²) in [7, 11) is 0. The van der Waals surface area contributed by atoms with E-state index in [0.717, 1.165) is 61.3 Å². The van der Waals surface area contributed by atoms with Crippen molar-refractivity contribution < 1.29 is 9.18 Å². The maximum atomic E-state index is 13.8. The number of likely N-dealkylation sites (tertiary alicyclic amines) is 1. The van der Waals surface area contributed by atoms with E-state index in [9.17, 15) is 9.18 Å². The zero-order valence-corrected chi connectivity index (χ0v) is 18.9. The number of anilines is 1. The van der Waals surface area contributed by atoms with Crippen LogP contribution >= 0.6 is 0 Å². The van der Waals surface area contributed by atoms with Crippen LogP contribution in [0.15, 0.2) is 48.7 Å². The molecule has 0 bridgehead atoms.